The van der Waals surface area contributed by atoms with Gasteiger partial charge in [0.2, 0.25) is 0 Å². The predicted octanol–water partition coefficient (Wildman–Crippen LogP) is 2.84. The van der Waals surface area contributed by atoms with Crippen LogP contribution in [0.5, 0.6) is 6.01 Å². The van der Waals surface area contributed by atoms with Crippen molar-refractivity contribution in [3.8, 4) is 6.01 Å². The van der Waals surface area contributed by atoms with E-state index in [1.807, 2.05) is 4.90 Å². The van der Waals surface area contributed by atoms with E-state index in [4.69, 9.17) is 9.15 Å². The van der Waals surface area contributed by atoms with Gasteiger partial charge in [0.15, 0.2) is 5.69 Å². The first-order valence-corrected chi connectivity index (χ1v) is 11.0. The molecule has 11 nitrogen and oxygen atoms in total. The molecule has 2 amide bonds. The SMILES string of the molecule is O=C(Nc1ccncc1C(=O)NCCC(F)(F)F)c1coc(N2CCC(Oc3ncccn3)CC2)n1. The molecule has 0 aliphatic carbocycles. The molecule has 36 heavy (non-hydrogen) atoms. The number of alkyl halides is 3. The number of amides is 2. The van der Waals surface area contributed by atoms with Crippen molar-refractivity contribution in [1.82, 2.24) is 25.3 Å². The Labute approximate surface area is 203 Å². The minimum atomic E-state index is -4.40. The number of halogens is 3. The molecule has 0 unspecified atom stereocenters. The maximum absolute atomic E-state index is 12.7. The maximum atomic E-state index is 12.7. The molecule has 0 bridgehead atoms. The van der Waals surface area contributed by atoms with Crippen LogP contribution in [0.25, 0.3) is 0 Å². The Kier molecular flexibility index (Phi) is 7.61. The summed E-state index contributed by atoms with van der Waals surface area (Å²) in [4.78, 5) is 43.0. The van der Waals surface area contributed by atoms with Crippen molar-refractivity contribution in [2.45, 2.75) is 31.5 Å². The second-order valence-corrected chi connectivity index (χ2v) is 7.85. The number of oxazole rings is 1. The van der Waals surface area contributed by atoms with Crippen molar-refractivity contribution < 1.29 is 31.9 Å². The zero-order valence-corrected chi connectivity index (χ0v) is 18.9. The summed E-state index contributed by atoms with van der Waals surface area (Å²) in [5.41, 5.74) is -0.0346. The van der Waals surface area contributed by atoms with E-state index < -0.39 is 31.0 Å². The van der Waals surface area contributed by atoms with E-state index in [-0.39, 0.29) is 29.1 Å². The highest BCUT2D eigenvalue weighted by Crippen LogP contribution is 2.23. The molecule has 190 valence electrons. The normalized spacial score (nSPS) is 14.4. The molecule has 1 fully saturated rings. The third kappa shape index (κ3) is 6.67. The molecule has 3 aromatic rings. The Hall–Kier alpha value is -4.23. The molecule has 0 aromatic carbocycles. The number of anilines is 2. The molecule has 2 N–H and O–H groups in total. The van der Waals surface area contributed by atoms with Gasteiger partial charge in [-0.15, -0.1) is 0 Å². The van der Waals surface area contributed by atoms with Gasteiger partial charge in [0.25, 0.3) is 17.8 Å². The van der Waals surface area contributed by atoms with E-state index in [0.29, 0.717) is 31.9 Å². The molecule has 3 aromatic heterocycles. The number of hydrogen-bond donors (Lipinski definition) is 2. The monoisotopic (exact) mass is 505 g/mol. The summed E-state index contributed by atoms with van der Waals surface area (Å²) in [7, 11) is 0. The Balaban J connectivity index is 1.32. The lowest BCUT2D eigenvalue weighted by Crippen LogP contribution is -2.38. The lowest BCUT2D eigenvalue weighted by Gasteiger charge is -2.30. The van der Waals surface area contributed by atoms with Crippen LogP contribution in [0.4, 0.5) is 24.9 Å². The zero-order chi connectivity index (χ0) is 25.5. The van der Waals surface area contributed by atoms with Crippen LogP contribution >= 0.6 is 0 Å². The van der Waals surface area contributed by atoms with Crippen LogP contribution in [-0.2, 0) is 0 Å². The van der Waals surface area contributed by atoms with Crippen LogP contribution in [0.1, 0.15) is 40.1 Å². The highest BCUT2D eigenvalue weighted by Gasteiger charge is 2.27. The molecule has 1 aliphatic rings. The average Bonchev–Trinajstić information content (AvgIpc) is 3.35. The van der Waals surface area contributed by atoms with Gasteiger partial charge in [-0.2, -0.15) is 18.2 Å². The lowest BCUT2D eigenvalue weighted by atomic mass is 10.1. The van der Waals surface area contributed by atoms with Gasteiger partial charge in [0.05, 0.1) is 17.7 Å². The topological polar surface area (TPSA) is 135 Å². The van der Waals surface area contributed by atoms with E-state index in [0.717, 1.165) is 6.20 Å². The van der Waals surface area contributed by atoms with Crippen molar-refractivity contribution in [1.29, 1.82) is 0 Å². The molecule has 14 heteroatoms. The molecule has 4 heterocycles. The van der Waals surface area contributed by atoms with Gasteiger partial charge in [-0.3, -0.25) is 14.6 Å². The van der Waals surface area contributed by atoms with Gasteiger partial charge >= 0.3 is 12.2 Å². The van der Waals surface area contributed by atoms with E-state index in [9.17, 15) is 22.8 Å². The number of pyridine rings is 1. The van der Waals surface area contributed by atoms with Crippen LogP contribution in [0, 0.1) is 0 Å². The molecule has 1 saturated heterocycles. The van der Waals surface area contributed by atoms with Crippen molar-refractivity contribution >= 4 is 23.5 Å². The summed E-state index contributed by atoms with van der Waals surface area (Å²) in [6, 6.07) is 3.64. The van der Waals surface area contributed by atoms with E-state index in [2.05, 4.69) is 30.6 Å². The number of ether oxygens (including phenoxy) is 1. The standard InChI is InChI=1S/C22H22F3N7O4/c23-22(24,25)5-9-27-18(33)15-12-26-8-2-16(15)30-19(34)17-13-35-21(31-17)32-10-3-14(4-11-32)36-20-28-6-1-7-29-20/h1-2,6-8,12-14H,3-5,9-11H2,(H,27,33)(H,26,30,34). The van der Waals surface area contributed by atoms with Crippen molar-refractivity contribution in [3.05, 3.63) is 54.4 Å². The van der Waals surface area contributed by atoms with Gasteiger partial charge < -0.3 is 24.7 Å². The van der Waals surface area contributed by atoms with Gasteiger partial charge in [0.1, 0.15) is 12.4 Å². The van der Waals surface area contributed by atoms with Crippen molar-refractivity contribution in [2.24, 2.45) is 0 Å². The fraction of sp³-hybridized carbons (Fsp3) is 0.364. The first kappa shape index (κ1) is 24.9. The summed E-state index contributed by atoms with van der Waals surface area (Å²) < 4.78 is 48.3. The summed E-state index contributed by atoms with van der Waals surface area (Å²) >= 11 is 0. The van der Waals surface area contributed by atoms with Gasteiger partial charge in [-0.05, 0) is 12.1 Å². The molecule has 0 radical (unpaired) electrons. The third-order valence-corrected chi connectivity index (χ3v) is 5.26. The Morgan fingerprint density at radius 2 is 1.89 bits per heavy atom. The van der Waals surface area contributed by atoms with E-state index in [1.54, 1.807) is 18.5 Å². The van der Waals surface area contributed by atoms with Crippen molar-refractivity contribution in [2.75, 3.05) is 29.9 Å². The number of piperidine rings is 1. The third-order valence-electron chi connectivity index (χ3n) is 5.26. The largest absolute Gasteiger partial charge is 0.460 e. The average molecular weight is 505 g/mol. The first-order valence-electron chi connectivity index (χ1n) is 11.0. The maximum Gasteiger partial charge on any atom is 0.390 e. The van der Waals surface area contributed by atoms with Gasteiger partial charge in [-0.1, -0.05) is 0 Å². The lowest BCUT2D eigenvalue weighted by molar-refractivity contribution is -0.133. The molecule has 0 saturated carbocycles. The highest BCUT2D eigenvalue weighted by atomic mass is 19.4. The Morgan fingerprint density at radius 3 is 2.61 bits per heavy atom. The second kappa shape index (κ2) is 11.0. The van der Waals surface area contributed by atoms with Gasteiger partial charge in [-0.25, -0.2) is 9.97 Å². The van der Waals surface area contributed by atoms with E-state index >= 15 is 0 Å². The molecule has 4 rings (SSSR count). The quantitative estimate of drug-likeness (QED) is 0.474. The number of rotatable bonds is 8. The van der Waals surface area contributed by atoms with Crippen LogP contribution in [0.2, 0.25) is 0 Å². The number of carbonyl (C=O) groups excluding carboxylic acids is 2. The summed E-state index contributed by atoms with van der Waals surface area (Å²) in [5.74, 6) is -1.45. The van der Waals surface area contributed by atoms with Gasteiger partial charge in [0, 0.05) is 57.3 Å². The Bertz CT molecular complexity index is 1180. The summed E-state index contributed by atoms with van der Waals surface area (Å²) in [6.07, 6.45) is 2.59. The first-order chi connectivity index (χ1) is 17.3. The van der Waals surface area contributed by atoms with Crippen LogP contribution in [0.15, 0.2) is 47.6 Å². The zero-order valence-electron chi connectivity index (χ0n) is 18.9. The predicted molar refractivity (Wildman–Crippen MR) is 120 cm³/mol. The number of aromatic nitrogens is 4. The van der Waals surface area contributed by atoms with Crippen LogP contribution in [-0.4, -0.2) is 63.7 Å². The number of carbonyl (C=O) groups is 2. The summed E-state index contributed by atoms with van der Waals surface area (Å²) in [6.45, 7) is 0.550. The van der Waals surface area contributed by atoms with Crippen LogP contribution < -0.4 is 20.3 Å². The number of hydrogen-bond acceptors (Lipinski definition) is 9. The molecule has 0 atom stereocenters. The smallest absolute Gasteiger partial charge is 0.390 e. The minimum Gasteiger partial charge on any atom is -0.460 e. The van der Waals surface area contributed by atoms with Crippen molar-refractivity contribution in [3.63, 3.8) is 0 Å². The fourth-order valence-electron chi connectivity index (χ4n) is 3.46. The summed E-state index contributed by atoms with van der Waals surface area (Å²) in [5, 5.41) is 4.69. The highest BCUT2D eigenvalue weighted by molar-refractivity contribution is 6.08. The molecule has 1 aliphatic heterocycles. The molecule has 0 spiro atoms. The minimum absolute atomic E-state index is 0.0266. The fourth-order valence-corrected chi connectivity index (χ4v) is 3.46. The number of nitrogens with one attached hydrogen (secondary N) is 2. The van der Waals surface area contributed by atoms with E-state index in [1.165, 1.54) is 18.5 Å². The molecular formula is C22H22F3N7O4. The van der Waals surface area contributed by atoms with Crippen LogP contribution in [0.3, 0.4) is 0 Å². The Morgan fingerprint density at radius 1 is 1.14 bits per heavy atom. The number of nitrogens with zero attached hydrogens (tertiary/aromatic N) is 5. The molecular weight excluding hydrogens is 483 g/mol. The second-order valence-electron chi connectivity index (χ2n) is 7.85.